The van der Waals surface area contributed by atoms with Gasteiger partial charge in [0.05, 0.1) is 53.3 Å². The van der Waals surface area contributed by atoms with Gasteiger partial charge in [-0.1, -0.05) is 0 Å². The van der Waals surface area contributed by atoms with Crippen LogP contribution < -0.4 is 10.1 Å². The highest BCUT2D eigenvalue weighted by molar-refractivity contribution is 9.10. The molecule has 1 unspecified atom stereocenters. The minimum Gasteiger partial charge on any atom is -0.471 e. The molecule has 13 heteroatoms. The van der Waals surface area contributed by atoms with Gasteiger partial charge in [-0.25, -0.2) is 24.9 Å². The molecule has 0 bridgehead atoms. The maximum Gasteiger partial charge on any atom is 0.253 e. The molecule has 0 aliphatic heterocycles. The number of fused-ring (bicyclic) bond motifs is 2. The van der Waals surface area contributed by atoms with Crippen molar-refractivity contribution < 1.29 is 4.74 Å². The van der Waals surface area contributed by atoms with Gasteiger partial charge in [0.25, 0.3) is 5.88 Å². The number of anilines is 2. The summed E-state index contributed by atoms with van der Waals surface area (Å²) in [7, 11) is 3.90. The Balaban J connectivity index is 0.000000239. The van der Waals surface area contributed by atoms with E-state index in [-0.39, 0.29) is 17.7 Å². The maximum atomic E-state index is 9.20. The minimum atomic E-state index is -0.134. The van der Waals surface area contributed by atoms with E-state index in [0.717, 1.165) is 26.7 Å². The van der Waals surface area contributed by atoms with Crippen molar-refractivity contribution in [1.82, 2.24) is 44.8 Å². The van der Waals surface area contributed by atoms with Gasteiger partial charge in [-0.15, -0.1) is 0 Å². The third-order valence-corrected chi connectivity index (χ3v) is 5.05. The van der Waals surface area contributed by atoms with E-state index in [1.54, 1.807) is 31.1 Å². The van der Waals surface area contributed by atoms with E-state index in [1.807, 2.05) is 38.1 Å². The zero-order valence-electron chi connectivity index (χ0n) is 19.2. The summed E-state index contributed by atoms with van der Waals surface area (Å²) < 4.78 is 6.58. The monoisotopic (exact) mass is 535 g/mol. The first-order valence-corrected chi connectivity index (χ1v) is 11.3. The fourth-order valence-corrected chi connectivity index (χ4v) is 3.50. The Labute approximate surface area is 209 Å². The van der Waals surface area contributed by atoms with Crippen molar-refractivity contribution >= 4 is 49.6 Å². The van der Waals surface area contributed by atoms with Gasteiger partial charge in [-0.05, 0) is 43.0 Å². The topological polar surface area (TPSA) is 157 Å². The van der Waals surface area contributed by atoms with Crippen LogP contribution in [0.2, 0.25) is 0 Å². The average Bonchev–Trinajstić information content (AvgIpc) is 3.47. The van der Waals surface area contributed by atoms with Gasteiger partial charge < -0.3 is 24.9 Å². The third-order valence-electron chi connectivity index (χ3n) is 4.62. The smallest absolute Gasteiger partial charge is 0.253 e. The largest absolute Gasteiger partial charge is 0.471 e. The molecule has 0 amide bonds. The van der Waals surface area contributed by atoms with Crippen LogP contribution in [0.15, 0.2) is 48.0 Å². The fraction of sp³-hybridized carbons (Fsp3) is 0.227. The number of H-pyrrole nitrogens is 2. The Bertz CT molecular complexity index is 1470. The van der Waals surface area contributed by atoms with Gasteiger partial charge >= 0.3 is 0 Å². The van der Waals surface area contributed by atoms with Gasteiger partial charge in [0.15, 0.2) is 5.82 Å². The van der Waals surface area contributed by atoms with Crippen LogP contribution in [-0.2, 0) is 0 Å². The molecule has 5 aromatic heterocycles. The SMILES string of the molecule is Brc1cc2nc[nH]c2cn1.CC(CN(C)C)Oc1nc(Nc2cc3nc[nH]c3cn2)cnc1C#N. The second-order valence-corrected chi connectivity index (χ2v) is 8.56. The molecule has 0 spiro atoms. The summed E-state index contributed by atoms with van der Waals surface area (Å²) in [5.74, 6) is 1.21. The number of rotatable bonds is 6. The zero-order valence-corrected chi connectivity index (χ0v) is 20.8. The Morgan fingerprint density at radius 2 is 1.69 bits per heavy atom. The lowest BCUT2D eigenvalue weighted by Crippen LogP contribution is -2.28. The molecule has 1 atom stereocenters. The molecule has 0 radical (unpaired) electrons. The minimum absolute atomic E-state index is 0.134. The van der Waals surface area contributed by atoms with Crippen LogP contribution in [0.4, 0.5) is 11.6 Å². The molecular formula is C22H22BrN11O. The van der Waals surface area contributed by atoms with Crippen LogP contribution in [0.1, 0.15) is 12.6 Å². The summed E-state index contributed by atoms with van der Waals surface area (Å²) in [5.41, 5.74) is 3.67. The summed E-state index contributed by atoms with van der Waals surface area (Å²) in [4.78, 5) is 32.9. The summed E-state index contributed by atoms with van der Waals surface area (Å²) in [6.07, 6.45) is 8.02. The first kappa shape index (κ1) is 24.0. The lowest BCUT2D eigenvalue weighted by atomic mass is 10.3. The zero-order chi connectivity index (χ0) is 24.8. The predicted octanol–water partition coefficient (Wildman–Crippen LogP) is 3.41. The molecule has 0 saturated heterocycles. The van der Waals surface area contributed by atoms with Crippen LogP contribution in [0.3, 0.4) is 0 Å². The van der Waals surface area contributed by atoms with E-state index in [4.69, 9.17) is 4.74 Å². The molecule has 3 N–H and O–H groups in total. The molecule has 5 rings (SSSR count). The maximum absolute atomic E-state index is 9.20. The molecule has 0 aliphatic rings. The summed E-state index contributed by atoms with van der Waals surface area (Å²) in [6.45, 7) is 2.61. The van der Waals surface area contributed by atoms with Crippen LogP contribution in [0.25, 0.3) is 22.1 Å². The van der Waals surface area contributed by atoms with Gasteiger partial charge in [-0.3, -0.25) is 0 Å². The number of likely N-dealkylation sites (N-methyl/N-ethyl adjacent to an activating group) is 1. The molecule has 5 heterocycles. The van der Waals surface area contributed by atoms with Crippen molar-refractivity contribution in [2.45, 2.75) is 13.0 Å². The molecule has 178 valence electrons. The van der Waals surface area contributed by atoms with E-state index < -0.39 is 0 Å². The van der Waals surface area contributed by atoms with E-state index >= 15 is 0 Å². The van der Waals surface area contributed by atoms with Crippen molar-refractivity contribution in [3.8, 4) is 11.9 Å². The quantitative estimate of drug-likeness (QED) is 0.275. The average molecular weight is 536 g/mol. The van der Waals surface area contributed by atoms with Crippen LogP contribution in [0.5, 0.6) is 5.88 Å². The number of imidazole rings is 2. The number of pyridine rings is 2. The number of hydrogen-bond acceptors (Lipinski definition) is 10. The molecule has 12 nitrogen and oxygen atoms in total. The van der Waals surface area contributed by atoms with Gasteiger partial charge in [-0.2, -0.15) is 10.2 Å². The summed E-state index contributed by atoms with van der Waals surface area (Å²) in [6, 6.07) is 5.66. The standard InChI is InChI=1S/C16H18N8O.C6H4BrN3/c1-10(8-24(2)3)25-16-12(5-17)18-7-15(23-16)22-14-4-11-13(6-19-14)21-9-20-11;7-6-1-4-5(2-8-6)10-3-9-4/h4,6-7,9-10H,8H2,1-3H3,(H,20,21)(H,19,22,23);1-3H,(H,9,10). The highest BCUT2D eigenvalue weighted by Crippen LogP contribution is 2.20. The molecule has 0 aliphatic carbocycles. The fourth-order valence-electron chi connectivity index (χ4n) is 3.18. The number of aromatic nitrogens is 8. The third kappa shape index (κ3) is 6.25. The number of hydrogen-bond donors (Lipinski definition) is 3. The predicted molar refractivity (Wildman–Crippen MR) is 134 cm³/mol. The lowest BCUT2D eigenvalue weighted by Gasteiger charge is -2.18. The molecule has 5 aromatic rings. The van der Waals surface area contributed by atoms with Crippen molar-refractivity contribution in [2.75, 3.05) is 26.0 Å². The highest BCUT2D eigenvalue weighted by Gasteiger charge is 2.14. The normalized spacial score (nSPS) is 11.7. The number of nitrogens with one attached hydrogen (secondary N) is 3. The lowest BCUT2D eigenvalue weighted by molar-refractivity contribution is 0.169. The second-order valence-electron chi connectivity index (χ2n) is 7.75. The number of nitriles is 1. The van der Waals surface area contributed by atoms with Gasteiger partial charge in [0.1, 0.15) is 22.6 Å². The number of nitrogens with zero attached hydrogens (tertiary/aromatic N) is 8. The summed E-state index contributed by atoms with van der Waals surface area (Å²) in [5, 5.41) is 12.3. The molecule has 0 aromatic carbocycles. The molecule has 0 fully saturated rings. The first-order chi connectivity index (χ1) is 16.9. The first-order valence-electron chi connectivity index (χ1n) is 10.5. The molecule has 0 saturated carbocycles. The second kappa shape index (κ2) is 10.9. The van der Waals surface area contributed by atoms with Crippen molar-refractivity contribution in [2.24, 2.45) is 0 Å². The van der Waals surface area contributed by atoms with Crippen LogP contribution >= 0.6 is 15.9 Å². The Hall–Kier alpha value is -4.15. The van der Waals surface area contributed by atoms with Gasteiger partial charge in [0, 0.05) is 12.6 Å². The Kier molecular flexibility index (Phi) is 7.44. The van der Waals surface area contributed by atoms with Crippen molar-refractivity contribution in [3.63, 3.8) is 0 Å². The van der Waals surface area contributed by atoms with E-state index in [0.29, 0.717) is 18.2 Å². The van der Waals surface area contributed by atoms with E-state index in [1.165, 1.54) is 6.20 Å². The molecule has 35 heavy (non-hydrogen) atoms. The van der Waals surface area contributed by atoms with Crippen LogP contribution in [-0.4, -0.2) is 71.5 Å². The van der Waals surface area contributed by atoms with E-state index in [9.17, 15) is 5.26 Å². The molecular weight excluding hydrogens is 514 g/mol. The highest BCUT2D eigenvalue weighted by atomic mass is 79.9. The van der Waals surface area contributed by atoms with Crippen LogP contribution in [0, 0.1) is 11.3 Å². The number of halogens is 1. The van der Waals surface area contributed by atoms with Gasteiger partial charge in [0.2, 0.25) is 5.69 Å². The van der Waals surface area contributed by atoms with Crippen molar-refractivity contribution in [3.05, 3.63) is 53.7 Å². The van der Waals surface area contributed by atoms with Crippen molar-refractivity contribution in [1.29, 1.82) is 5.26 Å². The van der Waals surface area contributed by atoms with E-state index in [2.05, 4.69) is 61.1 Å². The number of ether oxygens (including phenoxy) is 1. The number of aromatic amines is 2. The Morgan fingerprint density at radius 1 is 1.00 bits per heavy atom. The summed E-state index contributed by atoms with van der Waals surface area (Å²) >= 11 is 3.25. The Morgan fingerprint density at radius 3 is 2.37 bits per heavy atom.